The minimum atomic E-state index is -3.26. The summed E-state index contributed by atoms with van der Waals surface area (Å²) in [4.78, 5) is 20.4. The lowest BCUT2D eigenvalue weighted by Crippen LogP contribution is -2.47. The van der Waals surface area contributed by atoms with E-state index in [-0.39, 0.29) is 11.8 Å². The highest BCUT2D eigenvalue weighted by molar-refractivity contribution is 7.88. The van der Waals surface area contributed by atoms with Crippen LogP contribution in [0.15, 0.2) is 48.8 Å². The Morgan fingerprint density at radius 1 is 0.952 bits per heavy atom. The number of carbonyl (C=O) groups is 1. The van der Waals surface area contributed by atoms with Crippen molar-refractivity contribution in [2.24, 2.45) is 5.92 Å². The summed E-state index contributed by atoms with van der Waals surface area (Å²) in [6, 6.07) is 13.6. The van der Waals surface area contributed by atoms with E-state index >= 15 is 0 Å². The van der Waals surface area contributed by atoms with Gasteiger partial charge >= 0.3 is 0 Å². The minimum Gasteiger partial charge on any atom is -0.312 e. The first-order valence-electron chi connectivity index (χ1n) is 14.2. The van der Waals surface area contributed by atoms with Crippen molar-refractivity contribution < 1.29 is 13.2 Å². The van der Waals surface area contributed by atoms with Gasteiger partial charge in [0.2, 0.25) is 15.9 Å². The van der Waals surface area contributed by atoms with Gasteiger partial charge in [0.1, 0.15) is 6.33 Å². The third-order valence-corrected chi connectivity index (χ3v) is 10.1. The van der Waals surface area contributed by atoms with Crippen LogP contribution in [0.1, 0.15) is 24.8 Å². The van der Waals surface area contributed by atoms with Gasteiger partial charge in [-0.15, -0.1) is 5.10 Å². The average Bonchev–Trinajstić information content (AvgIpc) is 3.53. The summed E-state index contributed by atoms with van der Waals surface area (Å²) in [6.45, 7) is 6.92. The van der Waals surface area contributed by atoms with Crippen LogP contribution in [0.25, 0.3) is 5.69 Å². The standard InChI is InChI=1S/C28H36Cl2N8O3S/c1-42(40,41)36-13-9-23(10-14-36)28(39)37(25-7-8-26(29)27(30)19-25)12-2-11-34-15-17-35(18-16-34)20-22-3-5-24(6-4-22)38-21-31-32-33-38/h3-8,19,21,23H,2,9-18,20H2,1H3. The Bertz CT molecular complexity index is 1440. The van der Waals surface area contributed by atoms with Crippen molar-refractivity contribution >= 4 is 44.8 Å². The summed E-state index contributed by atoms with van der Waals surface area (Å²) in [7, 11) is -3.26. The number of piperazine rings is 1. The molecule has 3 heterocycles. The van der Waals surface area contributed by atoms with Gasteiger partial charge in [0.05, 0.1) is 22.0 Å². The number of benzene rings is 2. The molecule has 2 aliphatic heterocycles. The van der Waals surface area contributed by atoms with E-state index in [0.717, 1.165) is 57.1 Å². The molecule has 0 unspecified atom stereocenters. The van der Waals surface area contributed by atoms with Gasteiger partial charge in [-0.05, 0) is 72.1 Å². The third kappa shape index (κ3) is 7.86. The fraction of sp³-hybridized carbons (Fsp3) is 0.500. The molecule has 0 atom stereocenters. The number of nitrogens with zero attached hydrogens (tertiary/aromatic N) is 8. The Labute approximate surface area is 257 Å². The zero-order valence-electron chi connectivity index (χ0n) is 23.6. The summed E-state index contributed by atoms with van der Waals surface area (Å²) in [5.74, 6) is -0.222. The molecular weight excluding hydrogens is 599 g/mol. The fourth-order valence-electron chi connectivity index (χ4n) is 5.59. The van der Waals surface area contributed by atoms with E-state index in [9.17, 15) is 13.2 Å². The Balaban J connectivity index is 1.12. The Morgan fingerprint density at radius 2 is 1.64 bits per heavy atom. The van der Waals surface area contributed by atoms with E-state index in [2.05, 4.69) is 37.5 Å². The number of tetrazole rings is 1. The van der Waals surface area contributed by atoms with Crippen molar-refractivity contribution in [2.75, 3.05) is 63.5 Å². The number of aromatic nitrogens is 4. The Kier molecular flexibility index (Phi) is 10.1. The predicted molar refractivity (Wildman–Crippen MR) is 163 cm³/mol. The van der Waals surface area contributed by atoms with Crippen LogP contribution in [-0.2, 0) is 21.4 Å². The van der Waals surface area contributed by atoms with E-state index < -0.39 is 10.0 Å². The number of hydrogen-bond acceptors (Lipinski definition) is 8. The molecule has 226 valence electrons. The maximum absolute atomic E-state index is 13.7. The molecule has 0 aliphatic carbocycles. The van der Waals surface area contributed by atoms with Gasteiger partial charge in [0.25, 0.3) is 0 Å². The molecular formula is C28H36Cl2N8O3S. The van der Waals surface area contributed by atoms with Gasteiger partial charge in [0.15, 0.2) is 0 Å². The molecule has 42 heavy (non-hydrogen) atoms. The van der Waals surface area contributed by atoms with Crippen molar-refractivity contribution in [1.29, 1.82) is 0 Å². The second-order valence-electron chi connectivity index (χ2n) is 10.9. The van der Waals surface area contributed by atoms with Gasteiger partial charge in [-0.1, -0.05) is 35.3 Å². The Hall–Kier alpha value is -2.61. The highest BCUT2D eigenvalue weighted by atomic mass is 35.5. The SMILES string of the molecule is CS(=O)(=O)N1CCC(C(=O)N(CCCN2CCN(Cc3ccc(-n4cnnn4)cc3)CC2)c2ccc(Cl)c(Cl)c2)CC1. The number of carbonyl (C=O) groups excluding carboxylic acids is 1. The molecule has 2 aliphatic rings. The van der Waals surface area contributed by atoms with Crippen LogP contribution >= 0.6 is 23.2 Å². The maximum atomic E-state index is 13.7. The molecule has 11 nitrogen and oxygen atoms in total. The van der Waals surface area contributed by atoms with Gasteiger partial charge in [-0.2, -0.15) is 0 Å². The second kappa shape index (κ2) is 13.8. The lowest BCUT2D eigenvalue weighted by atomic mass is 9.96. The minimum absolute atomic E-state index is 0.0115. The molecule has 0 spiro atoms. The van der Waals surface area contributed by atoms with Crippen molar-refractivity contribution in [2.45, 2.75) is 25.8 Å². The highest BCUT2D eigenvalue weighted by Gasteiger charge is 2.32. The van der Waals surface area contributed by atoms with Crippen LogP contribution in [0, 0.1) is 5.92 Å². The Morgan fingerprint density at radius 3 is 2.26 bits per heavy atom. The second-order valence-corrected chi connectivity index (χ2v) is 13.7. The topological polar surface area (TPSA) is 108 Å². The lowest BCUT2D eigenvalue weighted by molar-refractivity contribution is -0.123. The van der Waals surface area contributed by atoms with E-state index in [4.69, 9.17) is 23.2 Å². The first-order chi connectivity index (χ1) is 20.2. The van der Waals surface area contributed by atoms with Crippen molar-refractivity contribution in [3.8, 4) is 5.69 Å². The fourth-order valence-corrected chi connectivity index (χ4v) is 6.76. The molecule has 1 aromatic heterocycles. The number of anilines is 1. The van der Waals surface area contributed by atoms with E-state index in [1.165, 1.54) is 16.1 Å². The van der Waals surface area contributed by atoms with Crippen LogP contribution in [0.2, 0.25) is 10.0 Å². The van der Waals surface area contributed by atoms with Crippen LogP contribution < -0.4 is 4.90 Å². The van der Waals surface area contributed by atoms with Gasteiger partial charge < -0.3 is 9.80 Å². The molecule has 3 aromatic rings. The quantitative estimate of drug-likeness (QED) is 0.335. The number of sulfonamides is 1. The molecule has 1 amide bonds. The summed E-state index contributed by atoms with van der Waals surface area (Å²) in [5.41, 5.74) is 2.90. The number of piperidine rings is 1. The van der Waals surface area contributed by atoms with Crippen molar-refractivity contribution in [1.82, 2.24) is 34.3 Å². The zero-order chi connectivity index (χ0) is 29.7. The number of halogens is 2. The monoisotopic (exact) mass is 634 g/mol. The molecule has 2 aromatic carbocycles. The van der Waals surface area contributed by atoms with E-state index in [1.54, 1.807) is 28.0 Å². The molecule has 0 radical (unpaired) electrons. The molecule has 5 rings (SSSR count). The molecule has 14 heteroatoms. The number of rotatable bonds is 10. The summed E-state index contributed by atoms with van der Waals surface area (Å²) >= 11 is 12.5. The highest BCUT2D eigenvalue weighted by Crippen LogP contribution is 2.30. The van der Waals surface area contributed by atoms with Gasteiger partial charge in [-0.25, -0.2) is 17.4 Å². The molecule has 2 saturated heterocycles. The number of hydrogen-bond donors (Lipinski definition) is 0. The number of amides is 1. The van der Waals surface area contributed by atoms with Crippen LogP contribution in [0.4, 0.5) is 5.69 Å². The predicted octanol–water partition coefficient (Wildman–Crippen LogP) is 3.18. The first kappa shape index (κ1) is 30.8. The zero-order valence-corrected chi connectivity index (χ0v) is 26.0. The van der Waals surface area contributed by atoms with Crippen LogP contribution in [-0.4, -0.2) is 107 Å². The molecule has 0 bridgehead atoms. The van der Waals surface area contributed by atoms with E-state index in [0.29, 0.717) is 42.5 Å². The van der Waals surface area contributed by atoms with Crippen molar-refractivity contribution in [3.05, 3.63) is 64.4 Å². The molecule has 2 fully saturated rings. The molecule has 0 N–H and O–H groups in total. The third-order valence-electron chi connectivity index (χ3n) is 8.03. The normalized spacial score (nSPS) is 17.9. The largest absolute Gasteiger partial charge is 0.312 e. The summed E-state index contributed by atoms with van der Waals surface area (Å²) < 4.78 is 27.0. The summed E-state index contributed by atoms with van der Waals surface area (Å²) in [6.07, 6.45) is 4.62. The summed E-state index contributed by atoms with van der Waals surface area (Å²) in [5, 5.41) is 12.1. The smallest absolute Gasteiger partial charge is 0.230 e. The van der Waals surface area contributed by atoms with E-state index in [1.807, 2.05) is 18.2 Å². The van der Waals surface area contributed by atoms with Gasteiger partial charge in [-0.3, -0.25) is 9.69 Å². The molecule has 0 saturated carbocycles. The maximum Gasteiger partial charge on any atom is 0.230 e. The lowest BCUT2D eigenvalue weighted by Gasteiger charge is -2.36. The average molecular weight is 636 g/mol. The van der Waals surface area contributed by atoms with Gasteiger partial charge in [0, 0.05) is 64.0 Å². The van der Waals surface area contributed by atoms with Crippen LogP contribution in [0.3, 0.4) is 0 Å². The van der Waals surface area contributed by atoms with Crippen molar-refractivity contribution in [3.63, 3.8) is 0 Å². The first-order valence-corrected chi connectivity index (χ1v) is 16.8. The van der Waals surface area contributed by atoms with Crippen LogP contribution in [0.5, 0.6) is 0 Å².